The maximum absolute atomic E-state index is 6.13. The van der Waals surface area contributed by atoms with Crippen LogP contribution in [0.1, 0.15) is 18.2 Å². The first-order valence-electron chi connectivity index (χ1n) is 9.09. The summed E-state index contributed by atoms with van der Waals surface area (Å²) in [4.78, 5) is 7.04. The minimum atomic E-state index is 0.545. The molecule has 0 spiro atoms. The molecule has 0 saturated heterocycles. The van der Waals surface area contributed by atoms with Crippen molar-refractivity contribution in [2.45, 2.75) is 20.0 Å². The van der Waals surface area contributed by atoms with Gasteiger partial charge in [-0.1, -0.05) is 47.5 Å². The Balaban J connectivity index is 1.65. The van der Waals surface area contributed by atoms with E-state index in [2.05, 4.69) is 58.9 Å². The van der Waals surface area contributed by atoms with Gasteiger partial charge in [0.05, 0.1) is 18.1 Å². The van der Waals surface area contributed by atoms with Gasteiger partial charge in [0.15, 0.2) is 5.96 Å². The van der Waals surface area contributed by atoms with Crippen LogP contribution in [0.15, 0.2) is 47.5 Å². The van der Waals surface area contributed by atoms with E-state index in [1.807, 2.05) is 17.7 Å². The standard InChI is InChI=1S/C20H25Cl2N5/c1-3-23-20(25-14-17-12-18(21)19(22)26(17)2)24-13-15-7-6-8-16(11-15)27-9-4-5-10-27/h4-8,11-12H,3,9-10,13-14H2,1-2H3,(H2,23,24,25). The van der Waals surface area contributed by atoms with Crippen LogP contribution in [-0.4, -0.2) is 30.2 Å². The molecule has 27 heavy (non-hydrogen) atoms. The molecule has 1 aliphatic rings. The molecule has 1 aromatic carbocycles. The molecule has 7 heteroatoms. The summed E-state index contributed by atoms with van der Waals surface area (Å²) in [5.41, 5.74) is 3.42. The quantitative estimate of drug-likeness (QED) is 0.434. The lowest BCUT2D eigenvalue weighted by Crippen LogP contribution is -2.37. The lowest BCUT2D eigenvalue weighted by Gasteiger charge is -2.18. The van der Waals surface area contributed by atoms with Gasteiger partial charge in [-0.05, 0) is 30.7 Å². The van der Waals surface area contributed by atoms with Crippen LogP contribution < -0.4 is 15.5 Å². The Labute approximate surface area is 170 Å². The van der Waals surface area contributed by atoms with Gasteiger partial charge in [0.1, 0.15) is 5.15 Å². The Morgan fingerprint density at radius 1 is 1.15 bits per heavy atom. The van der Waals surface area contributed by atoms with Crippen LogP contribution in [-0.2, 0) is 20.1 Å². The average molecular weight is 406 g/mol. The number of anilines is 1. The molecule has 1 aliphatic heterocycles. The Morgan fingerprint density at radius 2 is 1.93 bits per heavy atom. The molecule has 1 aromatic heterocycles. The van der Waals surface area contributed by atoms with E-state index in [0.717, 1.165) is 31.3 Å². The van der Waals surface area contributed by atoms with Crippen LogP contribution >= 0.6 is 23.2 Å². The van der Waals surface area contributed by atoms with E-state index in [4.69, 9.17) is 28.2 Å². The minimum absolute atomic E-state index is 0.545. The molecule has 0 fully saturated rings. The van der Waals surface area contributed by atoms with Gasteiger partial charge in [-0.15, -0.1) is 0 Å². The smallest absolute Gasteiger partial charge is 0.191 e. The molecule has 0 amide bonds. The third-order valence-corrected chi connectivity index (χ3v) is 5.35. The second-order valence-electron chi connectivity index (χ2n) is 6.43. The molecular formula is C20H25Cl2N5. The predicted molar refractivity (Wildman–Crippen MR) is 115 cm³/mol. The maximum atomic E-state index is 6.13. The number of aliphatic imine (C=N–C) groups is 1. The van der Waals surface area contributed by atoms with Gasteiger partial charge in [0, 0.05) is 38.1 Å². The van der Waals surface area contributed by atoms with Crippen molar-refractivity contribution >= 4 is 34.8 Å². The van der Waals surface area contributed by atoms with Gasteiger partial charge in [0.25, 0.3) is 0 Å². The summed E-state index contributed by atoms with van der Waals surface area (Å²) in [6.45, 7) is 5.99. The third kappa shape index (κ3) is 4.99. The van der Waals surface area contributed by atoms with Gasteiger partial charge in [-0.2, -0.15) is 0 Å². The zero-order valence-corrected chi connectivity index (χ0v) is 17.2. The molecule has 5 nitrogen and oxygen atoms in total. The highest BCUT2D eigenvalue weighted by Gasteiger charge is 2.10. The van der Waals surface area contributed by atoms with Crippen molar-refractivity contribution in [1.29, 1.82) is 0 Å². The summed E-state index contributed by atoms with van der Waals surface area (Å²) in [5, 5.41) is 7.72. The summed E-state index contributed by atoms with van der Waals surface area (Å²) in [6.07, 6.45) is 4.39. The number of rotatable bonds is 6. The largest absolute Gasteiger partial charge is 0.364 e. The zero-order chi connectivity index (χ0) is 19.2. The SMILES string of the molecule is CCNC(=NCc1cccc(N2CC=CC2)c1)NCc1cc(Cl)c(Cl)n1C. The number of aromatic nitrogens is 1. The number of nitrogens with zero attached hydrogens (tertiary/aromatic N) is 3. The molecule has 0 aliphatic carbocycles. The molecule has 0 saturated carbocycles. The molecule has 0 unspecified atom stereocenters. The van der Waals surface area contributed by atoms with Crippen LogP contribution in [0.25, 0.3) is 0 Å². The number of benzene rings is 1. The highest BCUT2D eigenvalue weighted by atomic mass is 35.5. The van der Waals surface area contributed by atoms with Gasteiger partial charge in [-0.25, -0.2) is 4.99 Å². The van der Waals surface area contributed by atoms with Gasteiger partial charge < -0.3 is 20.1 Å². The van der Waals surface area contributed by atoms with Crippen molar-refractivity contribution in [3.63, 3.8) is 0 Å². The van der Waals surface area contributed by atoms with Crippen LogP contribution in [0, 0.1) is 0 Å². The summed E-state index contributed by atoms with van der Waals surface area (Å²) in [5.74, 6) is 0.763. The monoisotopic (exact) mass is 405 g/mol. The van der Waals surface area contributed by atoms with E-state index in [1.54, 1.807) is 0 Å². The number of halogens is 2. The van der Waals surface area contributed by atoms with Crippen LogP contribution in [0.3, 0.4) is 0 Å². The lowest BCUT2D eigenvalue weighted by atomic mass is 10.2. The van der Waals surface area contributed by atoms with Gasteiger partial charge in [0.2, 0.25) is 0 Å². The van der Waals surface area contributed by atoms with Crippen molar-refractivity contribution in [3.8, 4) is 0 Å². The van der Waals surface area contributed by atoms with E-state index >= 15 is 0 Å². The van der Waals surface area contributed by atoms with Crippen LogP contribution in [0.4, 0.5) is 5.69 Å². The van der Waals surface area contributed by atoms with E-state index in [9.17, 15) is 0 Å². The van der Waals surface area contributed by atoms with Crippen molar-refractivity contribution in [2.75, 3.05) is 24.5 Å². The van der Waals surface area contributed by atoms with Crippen LogP contribution in [0.5, 0.6) is 0 Å². The Morgan fingerprint density at radius 3 is 2.59 bits per heavy atom. The normalized spacial score (nSPS) is 14.1. The summed E-state index contributed by atoms with van der Waals surface area (Å²) in [6, 6.07) is 10.4. The first-order valence-corrected chi connectivity index (χ1v) is 9.84. The summed E-state index contributed by atoms with van der Waals surface area (Å²) >= 11 is 12.2. The van der Waals surface area contributed by atoms with E-state index in [-0.39, 0.29) is 0 Å². The molecule has 0 bridgehead atoms. The molecule has 0 radical (unpaired) electrons. The Kier molecular flexibility index (Phi) is 6.69. The molecule has 144 valence electrons. The highest BCUT2D eigenvalue weighted by molar-refractivity contribution is 6.41. The fourth-order valence-corrected chi connectivity index (χ4v) is 3.40. The summed E-state index contributed by atoms with van der Waals surface area (Å²) < 4.78 is 1.87. The second kappa shape index (κ2) is 9.20. The third-order valence-electron chi connectivity index (χ3n) is 4.51. The molecule has 2 N–H and O–H groups in total. The maximum Gasteiger partial charge on any atom is 0.191 e. The Hall–Kier alpha value is -2.11. The topological polar surface area (TPSA) is 44.6 Å². The second-order valence-corrected chi connectivity index (χ2v) is 7.19. The van der Waals surface area contributed by atoms with Crippen molar-refractivity contribution in [2.24, 2.45) is 12.0 Å². The van der Waals surface area contributed by atoms with Gasteiger partial charge in [-0.3, -0.25) is 0 Å². The summed E-state index contributed by atoms with van der Waals surface area (Å²) in [7, 11) is 1.90. The highest BCUT2D eigenvalue weighted by Crippen LogP contribution is 2.25. The number of nitrogens with one attached hydrogen (secondary N) is 2. The zero-order valence-electron chi connectivity index (χ0n) is 15.7. The van der Waals surface area contributed by atoms with E-state index < -0.39 is 0 Å². The Bertz CT molecular complexity index is 833. The number of guanidine groups is 1. The van der Waals surface area contributed by atoms with Gasteiger partial charge >= 0.3 is 0 Å². The molecule has 2 aromatic rings. The first kappa shape index (κ1) is 19.6. The minimum Gasteiger partial charge on any atom is -0.364 e. The molecule has 3 rings (SSSR count). The number of hydrogen-bond acceptors (Lipinski definition) is 2. The van der Waals surface area contributed by atoms with Crippen molar-refractivity contribution in [3.05, 3.63) is 63.9 Å². The molecular weight excluding hydrogens is 381 g/mol. The fraction of sp³-hybridized carbons (Fsp3) is 0.350. The first-order chi connectivity index (χ1) is 13.1. The predicted octanol–water partition coefficient (Wildman–Crippen LogP) is 3.96. The van der Waals surface area contributed by atoms with Crippen LogP contribution in [0.2, 0.25) is 10.2 Å². The van der Waals surface area contributed by atoms with E-state index in [1.165, 1.54) is 11.3 Å². The lowest BCUT2D eigenvalue weighted by molar-refractivity contribution is 0.752. The fourth-order valence-electron chi connectivity index (χ4n) is 2.99. The average Bonchev–Trinajstić information content (AvgIpc) is 3.29. The van der Waals surface area contributed by atoms with Crippen molar-refractivity contribution < 1.29 is 0 Å². The van der Waals surface area contributed by atoms with Crippen molar-refractivity contribution in [1.82, 2.24) is 15.2 Å². The number of hydrogen-bond donors (Lipinski definition) is 2. The molecule has 0 atom stereocenters. The molecule has 2 heterocycles. The van der Waals surface area contributed by atoms with E-state index in [0.29, 0.717) is 23.3 Å².